The molecule has 2 nitrogen and oxygen atoms in total. The minimum atomic E-state index is -4.62. The summed E-state index contributed by atoms with van der Waals surface area (Å²) in [6.45, 7) is 3.71. The Labute approximate surface area is 120 Å². The van der Waals surface area contributed by atoms with Gasteiger partial charge in [-0.15, -0.1) is 0 Å². The van der Waals surface area contributed by atoms with E-state index in [9.17, 15) is 17.2 Å². The van der Waals surface area contributed by atoms with E-state index in [1.165, 1.54) is 24.3 Å². The SMILES string of the molecule is CCCCC(CCC)C(F)(F)S(=O)(=O)c1ccccc1. The van der Waals surface area contributed by atoms with Gasteiger partial charge < -0.3 is 0 Å². The van der Waals surface area contributed by atoms with Gasteiger partial charge in [0.05, 0.1) is 4.90 Å². The van der Waals surface area contributed by atoms with Crippen LogP contribution in [-0.4, -0.2) is 13.7 Å². The minimum absolute atomic E-state index is 0.221. The summed E-state index contributed by atoms with van der Waals surface area (Å²) in [6, 6.07) is 6.99. The van der Waals surface area contributed by atoms with Crippen LogP contribution in [0.5, 0.6) is 0 Å². The van der Waals surface area contributed by atoms with Crippen LogP contribution >= 0.6 is 0 Å². The lowest BCUT2D eigenvalue weighted by Gasteiger charge is -2.26. The van der Waals surface area contributed by atoms with E-state index < -0.39 is 21.0 Å². The van der Waals surface area contributed by atoms with E-state index in [4.69, 9.17) is 0 Å². The lowest BCUT2D eigenvalue weighted by Crippen LogP contribution is -2.37. The number of sulfone groups is 1. The monoisotopic (exact) mass is 304 g/mol. The van der Waals surface area contributed by atoms with E-state index in [0.29, 0.717) is 12.8 Å². The maximum absolute atomic E-state index is 14.5. The van der Waals surface area contributed by atoms with Crippen molar-refractivity contribution in [2.75, 3.05) is 0 Å². The van der Waals surface area contributed by atoms with Crippen LogP contribution in [0.2, 0.25) is 0 Å². The molecule has 1 aromatic rings. The molecule has 114 valence electrons. The molecule has 1 rings (SSSR count). The van der Waals surface area contributed by atoms with Gasteiger partial charge in [-0.25, -0.2) is 8.42 Å². The van der Waals surface area contributed by atoms with Gasteiger partial charge in [0.1, 0.15) is 0 Å². The summed E-state index contributed by atoms with van der Waals surface area (Å²) in [7, 11) is -4.62. The first-order valence-corrected chi connectivity index (χ1v) is 8.53. The Hall–Kier alpha value is -0.970. The van der Waals surface area contributed by atoms with Crippen molar-refractivity contribution in [1.29, 1.82) is 0 Å². The molecule has 5 heteroatoms. The second-order valence-corrected chi connectivity index (χ2v) is 7.03. The third kappa shape index (κ3) is 3.57. The zero-order valence-electron chi connectivity index (χ0n) is 12.0. The molecule has 0 N–H and O–H groups in total. The fraction of sp³-hybridized carbons (Fsp3) is 0.600. The summed E-state index contributed by atoms with van der Waals surface area (Å²) in [5.74, 6) is -1.11. The predicted molar refractivity (Wildman–Crippen MR) is 76.5 cm³/mol. The van der Waals surface area contributed by atoms with E-state index in [1.54, 1.807) is 13.0 Å². The number of unbranched alkanes of at least 4 members (excludes halogenated alkanes) is 1. The number of rotatable bonds is 8. The lowest BCUT2D eigenvalue weighted by atomic mass is 9.97. The molecular weight excluding hydrogens is 282 g/mol. The van der Waals surface area contributed by atoms with E-state index in [-0.39, 0.29) is 17.7 Å². The number of alkyl halides is 2. The van der Waals surface area contributed by atoms with Crippen molar-refractivity contribution in [2.24, 2.45) is 5.92 Å². The molecule has 0 aromatic heterocycles. The van der Waals surface area contributed by atoms with Crippen LogP contribution in [0, 0.1) is 5.92 Å². The van der Waals surface area contributed by atoms with Crippen molar-refractivity contribution in [3.63, 3.8) is 0 Å². The van der Waals surface area contributed by atoms with Gasteiger partial charge in [-0.3, -0.25) is 0 Å². The molecule has 0 fully saturated rings. The van der Waals surface area contributed by atoms with Crippen LogP contribution in [0.3, 0.4) is 0 Å². The van der Waals surface area contributed by atoms with E-state index in [0.717, 1.165) is 6.42 Å². The van der Waals surface area contributed by atoms with Crippen LogP contribution in [0.15, 0.2) is 35.2 Å². The molecule has 0 bridgehead atoms. The van der Waals surface area contributed by atoms with Crippen LogP contribution in [0.4, 0.5) is 8.78 Å². The number of hydrogen-bond donors (Lipinski definition) is 0. The van der Waals surface area contributed by atoms with Crippen LogP contribution < -0.4 is 0 Å². The number of hydrogen-bond acceptors (Lipinski definition) is 2. The molecule has 0 spiro atoms. The van der Waals surface area contributed by atoms with E-state index in [2.05, 4.69) is 0 Å². The summed E-state index contributed by atoms with van der Waals surface area (Å²) >= 11 is 0. The molecule has 0 amide bonds. The molecule has 0 radical (unpaired) electrons. The van der Waals surface area contributed by atoms with Crippen LogP contribution in [0.25, 0.3) is 0 Å². The molecule has 1 atom stereocenters. The third-order valence-electron chi connectivity index (χ3n) is 3.43. The van der Waals surface area contributed by atoms with Gasteiger partial charge in [-0.1, -0.05) is 51.3 Å². The molecule has 0 saturated carbocycles. The first-order chi connectivity index (χ1) is 9.37. The Balaban J connectivity index is 3.10. The van der Waals surface area contributed by atoms with Crippen LogP contribution in [-0.2, 0) is 9.84 Å². The first kappa shape index (κ1) is 17.1. The maximum atomic E-state index is 14.5. The van der Waals surface area contributed by atoms with E-state index in [1.807, 2.05) is 6.92 Å². The lowest BCUT2D eigenvalue weighted by molar-refractivity contribution is 0.0166. The van der Waals surface area contributed by atoms with Crippen molar-refractivity contribution in [1.82, 2.24) is 0 Å². The molecule has 1 unspecified atom stereocenters. The van der Waals surface area contributed by atoms with Gasteiger partial charge in [0.15, 0.2) is 0 Å². The second kappa shape index (κ2) is 7.16. The quantitative estimate of drug-likeness (QED) is 0.700. The largest absolute Gasteiger partial charge is 0.352 e. The molecule has 1 aromatic carbocycles. The zero-order chi connectivity index (χ0) is 15.2. The fourth-order valence-corrected chi connectivity index (χ4v) is 3.76. The molecule has 0 saturated heterocycles. The zero-order valence-corrected chi connectivity index (χ0v) is 12.8. The summed E-state index contributed by atoms with van der Waals surface area (Å²) in [6.07, 6.45) is 2.41. The Bertz CT molecular complexity index is 498. The molecule has 20 heavy (non-hydrogen) atoms. The van der Waals surface area contributed by atoms with Gasteiger partial charge in [0, 0.05) is 5.92 Å². The highest BCUT2D eigenvalue weighted by Gasteiger charge is 2.51. The predicted octanol–water partition coefficient (Wildman–Crippen LogP) is 4.66. The van der Waals surface area contributed by atoms with Crippen molar-refractivity contribution in [2.45, 2.75) is 56.1 Å². The van der Waals surface area contributed by atoms with Gasteiger partial charge in [-0.2, -0.15) is 8.78 Å². The van der Waals surface area contributed by atoms with Crippen molar-refractivity contribution in [3.8, 4) is 0 Å². The van der Waals surface area contributed by atoms with Gasteiger partial charge in [0.2, 0.25) is 9.84 Å². The Morgan fingerprint density at radius 2 is 1.65 bits per heavy atom. The number of halogens is 2. The van der Waals surface area contributed by atoms with Crippen molar-refractivity contribution < 1.29 is 17.2 Å². The molecule has 0 aliphatic heterocycles. The average molecular weight is 304 g/mol. The highest BCUT2D eigenvalue weighted by molar-refractivity contribution is 7.92. The highest BCUT2D eigenvalue weighted by atomic mass is 32.2. The Morgan fingerprint density at radius 3 is 2.15 bits per heavy atom. The first-order valence-electron chi connectivity index (χ1n) is 7.05. The summed E-state index contributed by atoms with van der Waals surface area (Å²) in [5, 5.41) is -3.71. The standard InChI is InChI=1S/C15H22F2O2S/c1-3-5-10-13(9-4-2)15(16,17)20(18,19)14-11-7-6-8-12-14/h6-8,11-13H,3-5,9-10H2,1-2H3. The topological polar surface area (TPSA) is 34.1 Å². The van der Waals surface area contributed by atoms with E-state index >= 15 is 0 Å². The van der Waals surface area contributed by atoms with Gasteiger partial charge in [0.25, 0.3) is 0 Å². The molecule has 0 aliphatic carbocycles. The maximum Gasteiger partial charge on any atom is 0.352 e. The van der Waals surface area contributed by atoms with Crippen molar-refractivity contribution in [3.05, 3.63) is 30.3 Å². The summed E-state index contributed by atoms with van der Waals surface area (Å²) in [4.78, 5) is -0.303. The fourth-order valence-electron chi connectivity index (χ4n) is 2.26. The molecule has 0 heterocycles. The van der Waals surface area contributed by atoms with Gasteiger partial charge >= 0.3 is 5.25 Å². The third-order valence-corrected chi connectivity index (χ3v) is 5.37. The highest BCUT2D eigenvalue weighted by Crippen LogP contribution is 2.40. The van der Waals surface area contributed by atoms with Crippen LogP contribution in [0.1, 0.15) is 46.0 Å². The summed E-state index contributed by atoms with van der Waals surface area (Å²) in [5.41, 5.74) is 0. The Morgan fingerprint density at radius 1 is 1.05 bits per heavy atom. The molecule has 0 aliphatic rings. The second-order valence-electron chi connectivity index (χ2n) is 5.01. The minimum Gasteiger partial charge on any atom is -0.217 e. The van der Waals surface area contributed by atoms with Crippen molar-refractivity contribution >= 4 is 9.84 Å². The summed E-state index contributed by atoms with van der Waals surface area (Å²) < 4.78 is 53.3. The van der Waals surface area contributed by atoms with Gasteiger partial charge in [-0.05, 0) is 25.0 Å². The normalized spacial score (nSPS) is 14.2. The molecular formula is C15H22F2O2S. The number of benzene rings is 1. The Kier molecular flexibility index (Phi) is 6.11. The smallest absolute Gasteiger partial charge is 0.217 e. The average Bonchev–Trinajstić information content (AvgIpc) is 2.44.